The number of likely N-dealkylation sites (N-methyl/N-ethyl adjacent to an activating group) is 1. The highest BCUT2D eigenvalue weighted by Gasteiger charge is 2.26. The summed E-state index contributed by atoms with van der Waals surface area (Å²) in [6, 6.07) is 0.0145. The zero-order chi connectivity index (χ0) is 12.0. The van der Waals surface area contributed by atoms with E-state index in [0.717, 1.165) is 32.6 Å². The maximum atomic E-state index is 11.9. The molecule has 0 aliphatic carbocycles. The second kappa shape index (κ2) is 6.86. The minimum Gasteiger partial charge on any atom is -0.353 e. The summed E-state index contributed by atoms with van der Waals surface area (Å²) in [5.41, 5.74) is 0. The van der Waals surface area contributed by atoms with E-state index in [9.17, 15) is 4.79 Å². The van der Waals surface area contributed by atoms with Gasteiger partial charge in [0.2, 0.25) is 5.91 Å². The van der Waals surface area contributed by atoms with Crippen molar-refractivity contribution in [1.29, 1.82) is 0 Å². The molecule has 0 aromatic rings. The molecule has 0 spiro atoms. The predicted octanol–water partition coefficient (Wildman–Crippen LogP) is 0.442. The van der Waals surface area contributed by atoms with E-state index in [1.54, 1.807) is 0 Å². The number of piperidine rings is 1. The van der Waals surface area contributed by atoms with E-state index in [1.807, 2.05) is 0 Å². The number of nitrogens with one attached hydrogen (secondary N) is 2. The standard InChI is InChI=1S/C12H25N3O/c1-4-15(3)9-8-14-12(16)11-10(2)6-5-7-13-11/h10-11,13H,4-9H2,1-3H3,(H,14,16). The molecule has 0 bridgehead atoms. The number of carbonyl (C=O) groups is 1. The van der Waals surface area contributed by atoms with Crippen molar-refractivity contribution in [3.63, 3.8) is 0 Å². The van der Waals surface area contributed by atoms with Crippen LogP contribution in [0.1, 0.15) is 26.7 Å². The second-order valence-corrected chi connectivity index (χ2v) is 4.74. The summed E-state index contributed by atoms with van der Waals surface area (Å²) >= 11 is 0. The van der Waals surface area contributed by atoms with Crippen LogP contribution in [0.5, 0.6) is 0 Å². The van der Waals surface area contributed by atoms with E-state index in [1.165, 1.54) is 6.42 Å². The first-order chi connectivity index (χ1) is 7.65. The van der Waals surface area contributed by atoms with Gasteiger partial charge in [-0.05, 0) is 38.9 Å². The van der Waals surface area contributed by atoms with Crippen LogP contribution in [0.15, 0.2) is 0 Å². The fourth-order valence-corrected chi connectivity index (χ4v) is 2.04. The Kier molecular flexibility index (Phi) is 5.77. The van der Waals surface area contributed by atoms with Crippen LogP contribution in [0.2, 0.25) is 0 Å². The molecule has 2 atom stereocenters. The van der Waals surface area contributed by atoms with Crippen LogP contribution in [0.4, 0.5) is 0 Å². The fraction of sp³-hybridized carbons (Fsp3) is 0.917. The van der Waals surface area contributed by atoms with Crippen molar-refractivity contribution in [2.75, 3.05) is 33.2 Å². The molecule has 0 radical (unpaired) electrons. The Hall–Kier alpha value is -0.610. The number of carbonyl (C=O) groups excluding carboxylic acids is 1. The van der Waals surface area contributed by atoms with Crippen LogP contribution in [-0.2, 0) is 4.79 Å². The summed E-state index contributed by atoms with van der Waals surface area (Å²) in [5.74, 6) is 0.620. The Morgan fingerprint density at radius 2 is 2.31 bits per heavy atom. The Bertz CT molecular complexity index is 220. The second-order valence-electron chi connectivity index (χ2n) is 4.74. The van der Waals surface area contributed by atoms with E-state index in [2.05, 4.69) is 36.4 Å². The molecule has 2 unspecified atom stereocenters. The predicted molar refractivity (Wildman–Crippen MR) is 66.4 cm³/mol. The van der Waals surface area contributed by atoms with Crippen LogP contribution in [0, 0.1) is 5.92 Å². The minimum absolute atomic E-state index is 0.0145. The van der Waals surface area contributed by atoms with Crippen molar-refractivity contribution in [3.8, 4) is 0 Å². The summed E-state index contributed by atoms with van der Waals surface area (Å²) in [5, 5.41) is 6.30. The van der Waals surface area contributed by atoms with Crippen LogP contribution in [-0.4, -0.2) is 50.1 Å². The van der Waals surface area contributed by atoms with Crippen molar-refractivity contribution < 1.29 is 4.79 Å². The lowest BCUT2D eigenvalue weighted by Gasteiger charge is -2.29. The minimum atomic E-state index is 0.0145. The topological polar surface area (TPSA) is 44.4 Å². The molecule has 4 nitrogen and oxygen atoms in total. The van der Waals surface area contributed by atoms with E-state index < -0.39 is 0 Å². The van der Waals surface area contributed by atoms with Crippen LogP contribution in [0.25, 0.3) is 0 Å². The molecule has 1 aliphatic rings. The summed E-state index contributed by atoms with van der Waals surface area (Å²) in [4.78, 5) is 14.1. The van der Waals surface area contributed by atoms with Gasteiger partial charge in [-0.1, -0.05) is 13.8 Å². The molecule has 1 heterocycles. The largest absolute Gasteiger partial charge is 0.353 e. The first-order valence-electron chi connectivity index (χ1n) is 6.34. The molecule has 0 aromatic heterocycles. The zero-order valence-electron chi connectivity index (χ0n) is 10.8. The normalized spacial score (nSPS) is 25.8. The molecule has 1 amide bonds. The summed E-state index contributed by atoms with van der Waals surface area (Å²) in [6.45, 7) is 7.92. The number of amides is 1. The SMILES string of the molecule is CCN(C)CCNC(=O)C1NCCCC1C. The Morgan fingerprint density at radius 1 is 1.56 bits per heavy atom. The van der Waals surface area contributed by atoms with Crippen molar-refractivity contribution in [3.05, 3.63) is 0 Å². The number of nitrogens with zero attached hydrogens (tertiary/aromatic N) is 1. The first-order valence-corrected chi connectivity index (χ1v) is 6.34. The maximum absolute atomic E-state index is 11.9. The van der Waals surface area contributed by atoms with Crippen molar-refractivity contribution in [2.45, 2.75) is 32.7 Å². The van der Waals surface area contributed by atoms with Gasteiger partial charge in [0.1, 0.15) is 0 Å². The van der Waals surface area contributed by atoms with Gasteiger partial charge < -0.3 is 15.5 Å². The highest BCUT2D eigenvalue weighted by atomic mass is 16.2. The highest BCUT2D eigenvalue weighted by Crippen LogP contribution is 2.15. The number of hydrogen-bond acceptors (Lipinski definition) is 3. The summed E-state index contributed by atoms with van der Waals surface area (Å²) in [7, 11) is 2.06. The van der Waals surface area contributed by atoms with Crippen LogP contribution in [0.3, 0.4) is 0 Å². The average Bonchev–Trinajstić information content (AvgIpc) is 2.29. The lowest BCUT2D eigenvalue weighted by atomic mass is 9.92. The third-order valence-corrected chi connectivity index (χ3v) is 3.38. The van der Waals surface area contributed by atoms with Gasteiger partial charge in [-0.15, -0.1) is 0 Å². The van der Waals surface area contributed by atoms with Gasteiger partial charge in [0.25, 0.3) is 0 Å². The van der Waals surface area contributed by atoms with Gasteiger partial charge in [-0.2, -0.15) is 0 Å². The molecular formula is C12H25N3O. The molecule has 4 heteroatoms. The smallest absolute Gasteiger partial charge is 0.237 e. The molecule has 94 valence electrons. The van der Waals surface area contributed by atoms with Crippen molar-refractivity contribution >= 4 is 5.91 Å². The molecule has 1 fully saturated rings. The highest BCUT2D eigenvalue weighted by molar-refractivity contribution is 5.82. The van der Waals surface area contributed by atoms with Crippen LogP contribution < -0.4 is 10.6 Å². The Labute approximate surface area is 98.8 Å². The molecule has 2 N–H and O–H groups in total. The monoisotopic (exact) mass is 227 g/mol. The van der Waals surface area contributed by atoms with E-state index >= 15 is 0 Å². The quantitative estimate of drug-likeness (QED) is 0.716. The van der Waals surface area contributed by atoms with Gasteiger partial charge in [0, 0.05) is 13.1 Å². The van der Waals surface area contributed by atoms with Gasteiger partial charge in [-0.25, -0.2) is 0 Å². The van der Waals surface area contributed by atoms with Crippen molar-refractivity contribution in [1.82, 2.24) is 15.5 Å². The average molecular weight is 227 g/mol. The molecular weight excluding hydrogens is 202 g/mol. The van der Waals surface area contributed by atoms with Crippen LogP contribution >= 0.6 is 0 Å². The van der Waals surface area contributed by atoms with Gasteiger partial charge in [0.05, 0.1) is 6.04 Å². The summed E-state index contributed by atoms with van der Waals surface area (Å²) in [6.07, 6.45) is 2.34. The lowest BCUT2D eigenvalue weighted by molar-refractivity contribution is -0.124. The Balaban J connectivity index is 2.23. The molecule has 1 aliphatic heterocycles. The van der Waals surface area contributed by atoms with E-state index in [0.29, 0.717) is 5.92 Å². The number of hydrogen-bond donors (Lipinski definition) is 2. The third-order valence-electron chi connectivity index (χ3n) is 3.38. The third kappa shape index (κ3) is 4.10. The number of rotatable bonds is 5. The van der Waals surface area contributed by atoms with Crippen molar-refractivity contribution in [2.24, 2.45) is 5.92 Å². The Morgan fingerprint density at radius 3 is 2.94 bits per heavy atom. The molecule has 1 saturated heterocycles. The first kappa shape index (κ1) is 13.5. The molecule has 0 aromatic carbocycles. The van der Waals surface area contributed by atoms with E-state index in [4.69, 9.17) is 0 Å². The zero-order valence-corrected chi connectivity index (χ0v) is 10.8. The lowest BCUT2D eigenvalue weighted by Crippen LogP contribution is -2.51. The van der Waals surface area contributed by atoms with Gasteiger partial charge in [0.15, 0.2) is 0 Å². The summed E-state index contributed by atoms with van der Waals surface area (Å²) < 4.78 is 0. The van der Waals surface area contributed by atoms with Gasteiger partial charge in [-0.3, -0.25) is 4.79 Å². The fourth-order valence-electron chi connectivity index (χ4n) is 2.04. The van der Waals surface area contributed by atoms with Gasteiger partial charge >= 0.3 is 0 Å². The molecule has 16 heavy (non-hydrogen) atoms. The maximum Gasteiger partial charge on any atom is 0.237 e. The molecule has 1 rings (SSSR count). The van der Waals surface area contributed by atoms with E-state index in [-0.39, 0.29) is 11.9 Å². The molecule has 0 saturated carbocycles.